The third-order valence-electron chi connectivity index (χ3n) is 6.42. The highest BCUT2D eigenvalue weighted by Gasteiger charge is 2.43. The monoisotopic (exact) mass is 513 g/mol. The molecule has 0 aliphatic heterocycles. The SMILES string of the molecule is COCCn1cc(-c2ccc(C[C@H](NC(=O)C3(NC(=O)OC(C)(C)C)CCCCC3)C(N)=O)cc2)cn1. The summed E-state index contributed by atoms with van der Waals surface area (Å²) in [6.07, 6.45) is 6.80. The van der Waals surface area contributed by atoms with E-state index in [0.29, 0.717) is 26.0 Å². The van der Waals surface area contributed by atoms with Crippen LogP contribution >= 0.6 is 0 Å². The van der Waals surface area contributed by atoms with Crippen LogP contribution in [0, 0.1) is 0 Å². The molecule has 0 spiro atoms. The Kier molecular flexibility index (Phi) is 9.31. The van der Waals surface area contributed by atoms with E-state index in [1.54, 1.807) is 34.1 Å². The van der Waals surface area contributed by atoms with Crippen molar-refractivity contribution < 1.29 is 23.9 Å². The molecule has 202 valence electrons. The summed E-state index contributed by atoms with van der Waals surface area (Å²) in [5, 5.41) is 9.94. The second-order valence-electron chi connectivity index (χ2n) is 10.6. The molecular weight excluding hydrogens is 474 g/mol. The Bertz CT molecular complexity index is 1070. The molecular formula is C27H39N5O5. The predicted octanol–water partition coefficient (Wildman–Crippen LogP) is 2.94. The molecule has 37 heavy (non-hydrogen) atoms. The maximum Gasteiger partial charge on any atom is 0.408 e. The fourth-order valence-electron chi connectivity index (χ4n) is 4.47. The zero-order valence-corrected chi connectivity index (χ0v) is 22.2. The number of primary amides is 1. The number of methoxy groups -OCH3 is 1. The lowest BCUT2D eigenvalue weighted by Gasteiger charge is -2.37. The summed E-state index contributed by atoms with van der Waals surface area (Å²) >= 11 is 0. The molecule has 0 saturated heterocycles. The van der Waals surface area contributed by atoms with Crippen LogP contribution in [0.3, 0.4) is 0 Å². The summed E-state index contributed by atoms with van der Waals surface area (Å²) in [7, 11) is 1.65. The Labute approximate surface area is 218 Å². The average molecular weight is 514 g/mol. The average Bonchev–Trinajstić information content (AvgIpc) is 3.31. The highest BCUT2D eigenvalue weighted by atomic mass is 16.6. The van der Waals surface area contributed by atoms with Crippen LogP contribution in [0.4, 0.5) is 4.79 Å². The quantitative estimate of drug-likeness (QED) is 0.447. The molecule has 3 amide bonds. The van der Waals surface area contributed by atoms with E-state index in [1.165, 1.54) is 0 Å². The van der Waals surface area contributed by atoms with Gasteiger partial charge in [-0.05, 0) is 44.7 Å². The minimum atomic E-state index is -1.14. The van der Waals surface area contributed by atoms with E-state index in [1.807, 2.05) is 35.1 Å². The number of carbonyl (C=O) groups excluding carboxylic acids is 3. The van der Waals surface area contributed by atoms with Crippen LogP contribution in [0.15, 0.2) is 36.7 Å². The third kappa shape index (κ3) is 8.04. The van der Waals surface area contributed by atoms with Crippen LogP contribution in [0.5, 0.6) is 0 Å². The second kappa shape index (κ2) is 12.2. The number of benzene rings is 1. The Morgan fingerprint density at radius 3 is 2.38 bits per heavy atom. The van der Waals surface area contributed by atoms with Crippen LogP contribution in [-0.4, -0.2) is 58.6 Å². The molecule has 2 aromatic rings. The fraction of sp³-hybridized carbons (Fsp3) is 0.556. The molecule has 1 atom stereocenters. The Morgan fingerprint density at radius 1 is 1.11 bits per heavy atom. The normalized spacial score (nSPS) is 16.0. The van der Waals surface area contributed by atoms with E-state index in [0.717, 1.165) is 36.0 Å². The van der Waals surface area contributed by atoms with Crippen molar-refractivity contribution in [3.8, 4) is 11.1 Å². The minimum absolute atomic E-state index is 0.233. The van der Waals surface area contributed by atoms with E-state index in [4.69, 9.17) is 15.2 Å². The van der Waals surface area contributed by atoms with Gasteiger partial charge in [0, 0.05) is 25.3 Å². The molecule has 1 aliphatic rings. The third-order valence-corrected chi connectivity index (χ3v) is 6.42. The fourth-order valence-corrected chi connectivity index (χ4v) is 4.47. The first-order valence-electron chi connectivity index (χ1n) is 12.7. The minimum Gasteiger partial charge on any atom is -0.444 e. The van der Waals surface area contributed by atoms with Gasteiger partial charge in [-0.2, -0.15) is 5.10 Å². The van der Waals surface area contributed by atoms with Crippen molar-refractivity contribution in [2.75, 3.05) is 13.7 Å². The summed E-state index contributed by atoms with van der Waals surface area (Å²) < 4.78 is 12.3. The van der Waals surface area contributed by atoms with Gasteiger partial charge >= 0.3 is 6.09 Å². The van der Waals surface area contributed by atoms with E-state index in [9.17, 15) is 14.4 Å². The zero-order chi connectivity index (χ0) is 27.1. The molecule has 0 unspecified atom stereocenters. The molecule has 0 radical (unpaired) electrons. The van der Waals surface area contributed by atoms with Gasteiger partial charge in [-0.15, -0.1) is 0 Å². The number of nitrogens with one attached hydrogen (secondary N) is 2. The number of nitrogens with zero attached hydrogens (tertiary/aromatic N) is 2. The lowest BCUT2D eigenvalue weighted by Crippen LogP contribution is -2.63. The zero-order valence-electron chi connectivity index (χ0n) is 22.2. The number of aromatic nitrogens is 2. The smallest absolute Gasteiger partial charge is 0.408 e. The number of nitrogens with two attached hydrogens (primary N) is 1. The molecule has 0 bridgehead atoms. The number of alkyl carbamates (subject to hydrolysis) is 1. The molecule has 4 N–H and O–H groups in total. The van der Waals surface area contributed by atoms with Crippen LogP contribution in [-0.2, 0) is 32.0 Å². The first-order valence-corrected chi connectivity index (χ1v) is 12.7. The Balaban J connectivity index is 1.69. The number of hydrogen-bond donors (Lipinski definition) is 3. The van der Waals surface area contributed by atoms with Gasteiger partial charge in [-0.25, -0.2) is 4.79 Å². The molecule has 1 heterocycles. The summed E-state index contributed by atoms with van der Waals surface area (Å²) in [6, 6.07) is 6.77. The number of amides is 3. The lowest BCUT2D eigenvalue weighted by atomic mass is 9.80. The highest BCUT2D eigenvalue weighted by molar-refractivity contribution is 5.94. The molecule has 10 heteroatoms. The van der Waals surface area contributed by atoms with Gasteiger partial charge in [0.15, 0.2) is 0 Å². The molecule has 3 rings (SSSR count). The standard InChI is InChI=1S/C27H39N5O5/c1-26(2,3)37-25(35)31-27(12-6-5-7-13-27)24(34)30-22(23(28)33)16-19-8-10-20(11-9-19)21-17-29-32(18-21)14-15-36-4/h8-11,17-18,22H,5-7,12-16H2,1-4H3,(H2,28,33)(H,30,34)(H,31,35)/t22-/m0/s1. The van der Waals surface area contributed by atoms with Crippen molar-refractivity contribution in [2.45, 2.75) is 83.0 Å². The topological polar surface area (TPSA) is 138 Å². The predicted molar refractivity (Wildman–Crippen MR) is 140 cm³/mol. The van der Waals surface area contributed by atoms with Gasteiger partial charge in [-0.1, -0.05) is 43.5 Å². The van der Waals surface area contributed by atoms with Crippen LogP contribution in [0.2, 0.25) is 0 Å². The summed E-state index contributed by atoms with van der Waals surface area (Å²) in [6.45, 7) is 6.54. The number of carbonyl (C=O) groups is 3. The molecule has 1 fully saturated rings. The van der Waals surface area contributed by atoms with Crippen LogP contribution < -0.4 is 16.4 Å². The van der Waals surface area contributed by atoms with Crippen LogP contribution in [0.1, 0.15) is 58.4 Å². The van der Waals surface area contributed by atoms with Crippen molar-refractivity contribution in [3.05, 3.63) is 42.2 Å². The molecule has 1 aromatic carbocycles. The van der Waals surface area contributed by atoms with Gasteiger partial charge in [-0.3, -0.25) is 14.3 Å². The summed E-state index contributed by atoms with van der Waals surface area (Å²) in [5.41, 5.74) is 6.63. The molecule has 1 saturated carbocycles. The lowest BCUT2D eigenvalue weighted by molar-refractivity contribution is -0.133. The maximum absolute atomic E-state index is 13.4. The van der Waals surface area contributed by atoms with Gasteiger partial charge < -0.3 is 25.8 Å². The first-order chi connectivity index (χ1) is 17.5. The maximum atomic E-state index is 13.4. The number of hydrogen-bond acceptors (Lipinski definition) is 6. The summed E-state index contributed by atoms with van der Waals surface area (Å²) in [4.78, 5) is 38.3. The largest absolute Gasteiger partial charge is 0.444 e. The van der Waals surface area contributed by atoms with Gasteiger partial charge in [0.1, 0.15) is 17.2 Å². The van der Waals surface area contributed by atoms with Gasteiger partial charge in [0.25, 0.3) is 0 Å². The second-order valence-corrected chi connectivity index (χ2v) is 10.6. The van der Waals surface area contributed by atoms with Crippen molar-refractivity contribution >= 4 is 17.9 Å². The highest BCUT2D eigenvalue weighted by Crippen LogP contribution is 2.29. The van der Waals surface area contributed by atoms with Gasteiger partial charge in [0.2, 0.25) is 11.8 Å². The van der Waals surface area contributed by atoms with E-state index in [2.05, 4.69) is 15.7 Å². The summed E-state index contributed by atoms with van der Waals surface area (Å²) in [5.74, 6) is -1.05. The Hall–Kier alpha value is -3.40. The van der Waals surface area contributed by atoms with E-state index < -0.39 is 35.1 Å². The van der Waals surface area contributed by atoms with Crippen molar-refractivity contribution in [3.63, 3.8) is 0 Å². The molecule has 1 aliphatic carbocycles. The van der Waals surface area contributed by atoms with Crippen molar-refractivity contribution in [1.82, 2.24) is 20.4 Å². The molecule has 10 nitrogen and oxygen atoms in total. The Morgan fingerprint density at radius 2 is 1.78 bits per heavy atom. The number of rotatable bonds is 10. The number of ether oxygens (including phenoxy) is 2. The van der Waals surface area contributed by atoms with Crippen LogP contribution in [0.25, 0.3) is 11.1 Å². The van der Waals surface area contributed by atoms with Crippen molar-refractivity contribution in [2.24, 2.45) is 5.73 Å². The van der Waals surface area contributed by atoms with E-state index >= 15 is 0 Å². The van der Waals surface area contributed by atoms with Crippen molar-refractivity contribution in [1.29, 1.82) is 0 Å². The molecule has 1 aromatic heterocycles. The van der Waals surface area contributed by atoms with E-state index in [-0.39, 0.29) is 6.42 Å². The first kappa shape index (κ1) is 28.2. The van der Waals surface area contributed by atoms with Gasteiger partial charge in [0.05, 0.1) is 19.3 Å².